The first-order valence-corrected chi connectivity index (χ1v) is 23.3. The van der Waals surface area contributed by atoms with Crippen LogP contribution >= 0.6 is 0 Å². The van der Waals surface area contributed by atoms with E-state index in [1.54, 1.807) is 0 Å². The summed E-state index contributed by atoms with van der Waals surface area (Å²) < 4.78 is 21.5. The fourth-order valence-electron chi connectivity index (χ4n) is 10.3. The lowest BCUT2D eigenvalue weighted by Gasteiger charge is -2.31. The molecule has 0 saturated heterocycles. The van der Waals surface area contributed by atoms with Crippen molar-refractivity contribution in [3.05, 3.63) is 198 Å². The lowest BCUT2D eigenvalue weighted by molar-refractivity contribution is 0.572. The number of hydrogen-bond acceptors (Lipinski definition) is 6. The molecule has 0 saturated carbocycles. The molecule has 332 valence electrons. The summed E-state index contributed by atoms with van der Waals surface area (Å²) in [5, 5.41) is 17.8. The van der Waals surface area contributed by atoms with Gasteiger partial charge in [-0.25, -0.2) is 4.85 Å². The zero-order valence-electron chi connectivity index (χ0n) is 39.2. The molecule has 0 aliphatic heterocycles. The van der Waals surface area contributed by atoms with Crippen LogP contribution in [-0.4, -0.2) is 0 Å². The first kappa shape index (κ1) is 41.6. The molecule has 0 amide bonds. The van der Waals surface area contributed by atoms with Crippen LogP contribution in [0.4, 0.5) is 39.8 Å². The van der Waals surface area contributed by atoms with Gasteiger partial charge in [0.1, 0.15) is 16.7 Å². The van der Waals surface area contributed by atoms with Gasteiger partial charge in [-0.1, -0.05) is 157 Å². The van der Waals surface area contributed by atoms with Crippen LogP contribution in [0.1, 0.15) is 58.2 Å². The number of anilines is 6. The Kier molecular flexibility index (Phi) is 9.28. The van der Waals surface area contributed by atoms with Gasteiger partial charge in [0.25, 0.3) is 0 Å². The average Bonchev–Trinajstić information content (AvgIpc) is 4.07. The van der Waals surface area contributed by atoms with Crippen molar-refractivity contribution in [2.45, 2.75) is 52.4 Å². The summed E-state index contributed by atoms with van der Waals surface area (Å²) in [6.45, 7) is 21.2. The molecule has 0 fully saturated rings. The molecule has 0 spiro atoms. The van der Waals surface area contributed by atoms with Crippen LogP contribution in [0, 0.1) is 17.9 Å². The SMILES string of the molecule is [C-]#[N+]c1ccc(N(c2cccc3c2oc2c(C(C)(C)C)cccc23)c2c3ccccc3c(N(c3ccc(C#N)cc3)c3cccc4c3oc3c(C(C)(C)C)cccc34)c3c2oc2ccccc23)cc1. The highest BCUT2D eigenvalue weighted by Gasteiger charge is 2.33. The van der Waals surface area contributed by atoms with Crippen molar-refractivity contribution < 1.29 is 13.3 Å². The number of rotatable bonds is 6. The molecule has 0 aliphatic carbocycles. The van der Waals surface area contributed by atoms with Crippen LogP contribution in [-0.2, 0) is 10.8 Å². The minimum absolute atomic E-state index is 0.169. The third-order valence-corrected chi connectivity index (χ3v) is 13.5. The number of furan rings is 3. The third kappa shape index (κ3) is 6.46. The molecule has 0 aliphatic rings. The van der Waals surface area contributed by atoms with E-state index in [9.17, 15) is 5.26 Å². The minimum atomic E-state index is -0.169. The summed E-state index contributed by atoms with van der Waals surface area (Å²) in [6.07, 6.45) is 0. The van der Waals surface area contributed by atoms with Gasteiger partial charge in [-0.05, 0) is 65.4 Å². The van der Waals surface area contributed by atoms with E-state index >= 15 is 0 Å². The van der Waals surface area contributed by atoms with Crippen LogP contribution in [0.5, 0.6) is 0 Å². The van der Waals surface area contributed by atoms with Crippen molar-refractivity contribution in [1.82, 2.24) is 0 Å². The molecule has 3 heterocycles. The zero-order valence-corrected chi connectivity index (χ0v) is 39.2. The predicted octanol–water partition coefficient (Wildman–Crippen LogP) is 18.5. The van der Waals surface area contributed by atoms with Crippen LogP contribution < -0.4 is 9.80 Å². The van der Waals surface area contributed by atoms with E-state index in [4.69, 9.17) is 19.8 Å². The Bertz CT molecular complexity index is 4130. The maximum atomic E-state index is 10.0. The number of benzene rings is 9. The molecule has 0 radical (unpaired) electrons. The summed E-state index contributed by atoms with van der Waals surface area (Å²) in [5.74, 6) is 0. The summed E-state index contributed by atoms with van der Waals surface area (Å²) in [4.78, 5) is 8.29. The van der Waals surface area contributed by atoms with Gasteiger partial charge >= 0.3 is 0 Å². The third-order valence-electron chi connectivity index (χ3n) is 13.5. The lowest BCUT2D eigenvalue weighted by Crippen LogP contribution is -2.14. The highest BCUT2D eigenvalue weighted by molar-refractivity contribution is 6.29. The maximum Gasteiger partial charge on any atom is 0.187 e. The van der Waals surface area contributed by atoms with Gasteiger partial charge in [-0.15, -0.1) is 0 Å². The van der Waals surface area contributed by atoms with Gasteiger partial charge in [0.2, 0.25) is 0 Å². The first-order chi connectivity index (χ1) is 33.4. The van der Waals surface area contributed by atoms with E-state index in [-0.39, 0.29) is 10.8 Å². The molecule has 7 nitrogen and oxygen atoms in total. The fourth-order valence-corrected chi connectivity index (χ4v) is 10.3. The Morgan fingerprint density at radius 1 is 0.435 bits per heavy atom. The second kappa shape index (κ2) is 15.4. The van der Waals surface area contributed by atoms with Crippen molar-refractivity contribution in [2.75, 3.05) is 9.80 Å². The summed E-state index contributed by atoms with van der Waals surface area (Å²) >= 11 is 0. The Labute approximate surface area is 399 Å². The summed E-state index contributed by atoms with van der Waals surface area (Å²) in [6, 6.07) is 60.1. The molecule has 3 aromatic heterocycles. The molecule has 12 aromatic rings. The number of nitrogens with zero attached hydrogens (tertiary/aromatic N) is 4. The molecule has 0 N–H and O–H groups in total. The Balaban J connectivity index is 1.24. The van der Waals surface area contributed by atoms with E-state index in [0.29, 0.717) is 16.8 Å². The molecule has 9 aromatic carbocycles. The molecular weight excluding hydrogens is 849 g/mol. The van der Waals surface area contributed by atoms with Gasteiger partial charge in [0, 0.05) is 60.2 Å². The van der Waals surface area contributed by atoms with E-state index < -0.39 is 0 Å². The number of para-hydroxylation sites is 5. The van der Waals surface area contributed by atoms with E-state index in [2.05, 4.69) is 171 Å². The Hall–Kier alpha value is -8.78. The molecular formula is C62H46N4O3. The Morgan fingerprint density at radius 3 is 1.38 bits per heavy atom. The van der Waals surface area contributed by atoms with E-state index in [1.807, 2.05) is 60.7 Å². The summed E-state index contributed by atoms with van der Waals surface area (Å²) in [5.41, 5.74) is 12.6. The highest BCUT2D eigenvalue weighted by Crippen LogP contribution is 2.56. The second-order valence-corrected chi connectivity index (χ2v) is 19.9. The van der Waals surface area contributed by atoms with Gasteiger partial charge in [-0.2, -0.15) is 5.26 Å². The van der Waals surface area contributed by atoms with Gasteiger partial charge in [0.15, 0.2) is 22.4 Å². The van der Waals surface area contributed by atoms with Crippen molar-refractivity contribution in [3.63, 3.8) is 0 Å². The smallest absolute Gasteiger partial charge is 0.187 e. The van der Waals surface area contributed by atoms with E-state index in [1.165, 1.54) is 0 Å². The molecule has 0 atom stereocenters. The normalized spacial score (nSPS) is 12.2. The summed E-state index contributed by atoms with van der Waals surface area (Å²) in [7, 11) is 0. The molecule has 0 unspecified atom stereocenters. The number of nitriles is 1. The zero-order chi connectivity index (χ0) is 47.3. The monoisotopic (exact) mass is 894 g/mol. The minimum Gasteiger partial charge on any atom is -0.454 e. The van der Waals surface area contributed by atoms with Gasteiger partial charge in [0.05, 0.1) is 46.3 Å². The van der Waals surface area contributed by atoms with Gasteiger partial charge in [-0.3, -0.25) is 0 Å². The number of hydrogen-bond donors (Lipinski definition) is 0. The van der Waals surface area contributed by atoms with Crippen molar-refractivity contribution in [3.8, 4) is 6.07 Å². The van der Waals surface area contributed by atoms with Crippen LogP contribution in [0.3, 0.4) is 0 Å². The first-order valence-electron chi connectivity index (χ1n) is 23.3. The largest absolute Gasteiger partial charge is 0.454 e. The standard InChI is InChI=1S/C62H46N4O3/c1-61(2,3)48-23-12-19-43-45-21-14-25-50(58(45)68-56(43)48)65(39-32-28-37(36-63)29-33-39)54-41-16-8-9-17-42(41)55(60-53(54)47-18-10-11-27-52(47)67-60)66(40-34-30-38(64-7)31-35-40)51-26-15-22-46-44-20-13-24-49(62(4,5)6)57(44)69-59(46)51/h8-35H,1-6H3. The lowest BCUT2D eigenvalue weighted by atomic mass is 9.86. The average molecular weight is 895 g/mol. The van der Waals surface area contributed by atoms with Crippen LogP contribution in [0.2, 0.25) is 0 Å². The Morgan fingerprint density at radius 2 is 0.870 bits per heavy atom. The van der Waals surface area contributed by atoms with Crippen molar-refractivity contribution in [1.29, 1.82) is 5.26 Å². The molecule has 12 rings (SSSR count). The molecule has 69 heavy (non-hydrogen) atoms. The molecule has 7 heteroatoms. The fraction of sp³-hybridized carbons (Fsp3) is 0.129. The van der Waals surface area contributed by atoms with Crippen molar-refractivity contribution >= 4 is 116 Å². The molecule has 0 bridgehead atoms. The second-order valence-electron chi connectivity index (χ2n) is 19.9. The predicted molar refractivity (Wildman–Crippen MR) is 284 cm³/mol. The van der Waals surface area contributed by atoms with Crippen LogP contribution in [0.25, 0.3) is 81.4 Å². The topological polar surface area (TPSA) is 74.1 Å². The van der Waals surface area contributed by atoms with Gasteiger partial charge < -0.3 is 23.1 Å². The van der Waals surface area contributed by atoms with Crippen LogP contribution in [0.15, 0.2) is 183 Å². The number of fused-ring (bicyclic) bond motifs is 10. The van der Waals surface area contributed by atoms with Crippen molar-refractivity contribution in [2.24, 2.45) is 0 Å². The highest BCUT2D eigenvalue weighted by atomic mass is 16.3. The maximum absolute atomic E-state index is 10.0. The quantitative estimate of drug-likeness (QED) is 0.122. The van der Waals surface area contributed by atoms with E-state index in [0.717, 1.165) is 116 Å².